The number of rotatable bonds is 5. The highest BCUT2D eigenvalue weighted by atomic mass is 32.2. The quantitative estimate of drug-likeness (QED) is 0.831. The number of nitrogens with zero attached hydrogens (tertiary/aromatic N) is 3. The van der Waals surface area contributed by atoms with Crippen molar-refractivity contribution in [3.8, 4) is 0 Å². The Labute approximate surface area is 117 Å². The predicted molar refractivity (Wildman–Crippen MR) is 76.5 cm³/mol. The molecule has 2 heterocycles. The van der Waals surface area contributed by atoms with E-state index in [-0.39, 0.29) is 5.91 Å². The summed E-state index contributed by atoms with van der Waals surface area (Å²) in [5.74, 6) is -0.138. The van der Waals surface area contributed by atoms with Gasteiger partial charge in [0, 0.05) is 11.8 Å². The van der Waals surface area contributed by atoms with Crippen molar-refractivity contribution in [2.45, 2.75) is 31.1 Å². The van der Waals surface area contributed by atoms with E-state index in [0.717, 1.165) is 25.9 Å². The van der Waals surface area contributed by atoms with Gasteiger partial charge in [-0.2, -0.15) is 11.8 Å². The van der Waals surface area contributed by atoms with E-state index < -0.39 is 0 Å². The molecule has 2 rings (SSSR count). The van der Waals surface area contributed by atoms with E-state index in [4.69, 9.17) is 0 Å². The smallest absolute Gasteiger partial charge is 0.273 e. The molecule has 1 atom stereocenters. The maximum atomic E-state index is 11.9. The average molecular weight is 283 g/mol. The highest BCUT2D eigenvalue weighted by molar-refractivity contribution is 7.99. The molecule has 6 nitrogen and oxygen atoms in total. The van der Waals surface area contributed by atoms with Crippen LogP contribution in [-0.2, 0) is 0 Å². The summed E-state index contributed by atoms with van der Waals surface area (Å²) >= 11 is 1.73. The molecule has 1 aromatic rings. The number of carbonyl (C=O) groups excluding carboxylic acids is 1. The first-order chi connectivity index (χ1) is 9.20. The highest BCUT2D eigenvalue weighted by Crippen LogP contribution is 2.16. The van der Waals surface area contributed by atoms with Gasteiger partial charge in [0.1, 0.15) is 0 Å². The third-order valence-corrected chi connectivity index (χ3v) is 4.35. The molecule has 106 valence electrons. The van der Waals surface area contributed by atoms with Crippen LogP contribution in [0.15, 0.2) is 6.20 Å². The highest BCUT2D eigenvalue weighted by Gasteiger charge is 2.18. The largest absolute Gasteiger partial charge is 0.349 e. The number of thioether (sulfide) groups is 1. The van der Waals surface area contributed by atoms with Crippen molar-refractivity contribution >= 4 is 17.7 Å². The van der Waals surface area contributed by atoms with E-state index >= 15 is 0 Å². The molecule has 1 amide bonds. The lowest BCUT2D eigenvalue weighted by molar-refractivity contribution is 0.0949. The van der Waals surface area contributed by atoms with E-state index in [1.165, 1.54) is 0 Å². The van der Waals surface area contributed by atoms with Crippen molar-refractivity contribution in [1.82, 2.24) is 25.6 Å². The van der Waals surface area contributed by atoms with Crippen molar-refractivity contribution in [1.29, 1.82) is 0 Å². The molecule has 2 N–H and O–H groups in total. The van der Waals surface area contributed by atoms with Crippen LogP contribution in [0, 0.1) is 0 Å². The molecule has 1 fully saturated rings. The molecule has 1 aromatic heterocycles. The zero-order chi connectivity index (χ0) is 13.7. The molecule has 1 aliphatic heterocycles. The molecule has 19 heavy (non-hydrogen) atoms. The summed E-state index contributed by atoms with van der Waals surface area (Å²) in [6.45, 7) is 4.73. The Morgan fingerprint density at radius 2 is 2.37 bits per heavy atom. The number of aromatic nitrogens is 3. The summed E-state index contributed by atoms with van der Waals surface area (Å²) in [6, 6.07) is 0.362. The zero-order valence-electron chi connectivity index (χ0n) is 11.4. The molecule has 0 aliphatic carbocycles. The first-order valence-electron chi connectivity index (χ1n) is 6.64. The summed E-state index contributed by atoms with van der Waals surface area (Å²) in [5.41, 5.74) is 0.409. The second-order valence-corrected chi connectivity index (χ2v) is 6.10. The molecule has 0 bridgehead atoms. The molecule has 0 saturated carbocycles. The minimum Gasteiger partial charge on any atom is -0.349 e. The molecule has 7 heteroatoms. The second-order valence-electron chi connectivity index (χ2n) is 4.82. The number of amides is 1. The number of hydrogen-bond acceptors (Lipinski definition) is 5. The third-order valence-electron chi connectivity index (χ3n) is 3.38. The maximum Gasteiger partial charge on any atom is 0.273 e. The lowest BCUT2D eigenvalue weighted by atomic mass is 10.1. The summed E-state index contributed by atoms with van der Waals surface area (Å²) in [4.78, 5) is 11.9. The summed E-state index contributed by atoms with van der Waals surface area (Å²) in [7, 11) is 0. The van der Waals surface area contributed by atoms with Crippen molar-refractivity contribution in [2.24, 2.45) is 0 Å². The van der Waals surface area contributed by atoms with Crippen LogP contribution in [0.5, 0.6) is 0 Å². The van der Waals surface area contributed by atoms with Gasteiger partial charge >= 0.3 is 0 Å². The normalized spacial score (nSPS) is 18.2. The molecule has 0 radical (unpaired) electrons. The molecular weight excluding hydrogens is 262 g/mol. The van der Waals surface area contributed by atoms with Gasteiger partial charge in [0.15, 0.2) is 5.69 Å². The van der Waals surface area contributed by atoms with E-state index in [1.54, 1.807) is 18.0 Å². The Kier molecular flexibility index (Phi) is 5.21. The van der Waals surface area contributed by atoms with Gasteiger partial charge in [-0.3, -0.25) is 4.79 Å². The van der Waals surface area contributed by atoms with E-state index in [0.29, 0.717) is 23.5 Å². The minimum absolute atomic E-state index is 0.138. The van der Waals surface area contributed by atoms with Crippen LogP contribution >= 0.6 is 11.8 Å². The molecular formula is C12H21N5OS. The number of piperidine rings is 1. The van der Waals surface area contributed by atoms with Crippen LogP contribution in [0.25, 0.3) is 0 Å². The van der Waals surface area contributed by atoms with Crippen molar-refractivity contribution in [2.75, 3.05) is 25.9 Å². The van der Waals surface area contributed by atoms with Crippen LogP contribution < -0.4 is 10.6 Å². The van der Waals surface area contributed by atoms with Crippen LogP contribution in [0.4, 0.5) is 0 Å². The maximum absolute atomic E-state index is 11.9. The minimum atomic E-state index is -0.138. The fourth-order valence-corrected chi connectivity index (χ4v) is 2.29. The van der Waals surface area contributed by atoms with Crippen LogP contribution in [0.1, 0.15) is 36.3 Å². The topological polar surface area (TPSA) is 71.8 Å². The van der Waals surface area contributed by atoms with Gasteiger partial charge < -0.3 is 10.6 Å². The number of nitrogens with one attached hydrogen (secondary N) is 2. The van der Waals surface area contributed by atoms with Crippen LogP contribution in [-0.4, -0.2) is 52.0 Å². The monoisotopic (exact) mass is 283 g/mol. The third kappa shape index (κ3) is 3.94. The van der Waals surface area contributed by atoms with E-state index in [9.17, 15) is 4.79 Å². The van der Waals surface area contributed by atoms with Crippen LogP contribution in [0.2, 0.25) is 0 Å². The van der Waals surface area contributed by atoms with Gasteiger partial charge in [-0.1, -0.05) is 12.1 Å². The number of carbonyl (C=O) groups is 1. The van der Waals surface area contributed by atoms with Crippen molar-refractivity contribution in [3.63, 3.8) is 0 Å². The fourth-order valence-electron chi connectivity index (χ4n) is 2.04. The van der Waals surface area contributed by atoms with Gasteiger partial charge in [-0.25, -0.2) is 4.68 Å². The van der Waals surface area contributed by atoms with Crippen LogP contribution in [0.3, 0.4) is 0 Å². The molecule has 1 saturated heterocycles. The lowest BCUT2D eigenvalue weighted by Gasteiger charge is -2.22. The molecule has 0 spiro atoms. The molecule has 1 unspecified atom stereocenters. The molecule has 1 aliphatic rings. The van der Waals surface area contributed by atoms with Gasteiger partial charge in [-0.05, 0) is 32.2 Å². The summed E-state index contributed by atoms with van der Waals surface area (Å²) in [6.07, 6.45) is 5.86. The summed E-state index contributed by atoms with van der Waals surface area (Å²) in [5, 5.41) is 14.6. The lowest BCUT2D eigenvalue weighted by Crippen LogP contribution is -2.30. The van der Waals surface area contributed by atoms with Gasteiger partial charge in [0.25, 0.3) is 5.91 Å². The SMILES string of the molecule is CSC(C)CNC(=O)c1cn(C2CCNCC2)nn1. The fraction of sp³-hybridized carbons (Fsp3) is 0.750. The Morgan fingerprint density at radius 1 is 1.63 bits per heavy atom. The standard InChI is InChI=1S/C12H21N5OS/c1-9(19-2)7-14-12(18)11-8-17(16-15-11)10-3-5-13-6-4-10/h8-10,13H,3-7H2,1-2H3,(H,14,18). The Bertz CT molecular complexity index is 416. The Hall–Kier alpha value is -1.08. The van der Waals surface area contributed by atoms with Gasteiger partial charge in [0.2, 0.25) is 0 Å². The van der Waals surface area contributed by atoms with Crippen molar-refractivity contribution < 1.29 is 4.79 Å². The second kappa shape index (κ2) is 6.91. The number of hydrogen-bond donors (Lipinski definition) is 2. The Balaban J connectivity index is 1.90. The zero-order valence-corrected chi connectivity index (χ0v) is 12.2. The predicted octanol–water partition coefficient (Wildman–Crippen LogP) is 0.684. The molecule has 0 aromatic carbocycles. The average Bonchev–Trinajstić information content (AvgIpc) is 2.95. The van der Waals surface area contributed by atoms with Gasteiger partial charge in [0.05, 0.1) is 12.2 Å². The van der Waals surface area contributed by atoms with Gasteiger partial charge in [-0.15, -0.1) is 5.10 Å². The van der Waals surface area contributed by atoms with E-state index in [2.05, 4.69) is 27.9 Å². The van der Waals surface area contributed by atoms with Crippen molar-refractivity contribution in [3.05, 3.63) is 11.9 Å². The summed E-state index contributed by atoms with van der Waals surface area (Å²) < 4.78 is 1.83. The first kappa shape index (κ1) is 14.3. The first-order valence-corrected chi connectivity index (χ1v) is 7.93. The Morgan fingerprint density at radius 3 is 3.05 bits per heavy atom. The van der Waals surface area contributed by atoms with E-state index in [1.807, 2.05) is 10.9 Å².